The van der Waals surface area contributed by atoms with Crippen molar-refractivity contribution in [1.82, 2.24) is 0 Å². The standard InChI is InChI=1S/C17H18F6/c1-5-9-12-14(11-7-3)15(16(18,19)20,17(21,22)23)13(8-4)10-6-2/h5-12H,1,3H2,2,4H3/b10-6-,12-9-,13-8+,14-11+. The number of allylic oxidation sites excluding steroid dienone is 10. The Kier molecular flexibility index (Phi) is 7.34. The number of hydrogen-bond donors (Lipinski definition) is 0. The summed E-state index contributed by atoms with van der Waals surface area (Å²) in [5.74, 6) is 0. The summed E-state index contributed by atoms with van der Waals surface area (Å²) in [4.78, 5) is 0. The molecule has 6 heteroatoms. The van der Waals surface area contributed by atoms with Gasteiger partial charge in [0.05, 0.1) is 0 Å². The molecule has 0 unspecified atom stereocenters. The largest absolute Gasteiger partial charge is 0.411 e. The first-order valence-electron chi connectivity index (χ1n) is 6.59. The van der Waals surface area contributed by atoms with E-state index >= 15 is 0 Å². The fourth-order valence-electron chi connectivity index (χ4n) is 2.20. The van der Waals surface area contributed by atoms with Crippen LogP contribution in [0.15, 0.2) is 72.9 Å². The minimum atomic E-state index is -5.60. The highest BCUT2D eigenvalue weighted by molar-refractivity contribution is 5.47. The molecule has 0 saturated carbocycles. The van der Waals surface area contributed by atoms with Crippen molar-refractivity contribution in [1.29, 1.82) is 0 Å². The molecule has 0 spiro atoms. The summed E-state index contributed by atoms with van der Waals surface area (Å²) >= 11 is 0. The van der Waals surface area contributed by atoms with Crippen molar-refractivity contribution in [3.63, 3.8) is 0 Å². The number of rotatable bonds is 6. The van der Waals surface area contributed by atoms with E-state index in [-0.39, 0.29) is 0 Å². The molecular formula is C17H18F6. The lowest BCUT2D eigenvalue weighted by atomic mass is 9.71. The van der Waals surface area contributed by atoms with Gasteiger partial charge in [-0.15, -0.1) is 0 Å². The first-order chi connectivity index (χ1) is 10.5. The van der Waals surface area contributed by atoms with Gasteiger partial charge < -0.3 is 0 Å². The van der Waals surface area contributed by atoms with E-state index < -0.39 is 28.9 Å². The molecule has 0 aromatic carbocycles. The highest BCUT2D eigenvalue weighted by Gasteiger charge is 2.73. The molecule has 0 radical (unpaired) electrons. The maximum Gasteiger partial charge on any atom is 0.411 e. The molecular weight excluding hydrogens is 318 g/mol. The van der Waals surface area contributed by atoms with Crippen molar-refractivity contribution in [2.75, 3.05) is 0 Å². The fourth-order valence-corrected chi connectivity index (χ4v) is 2.20. The lowest BCUT2D eigenvalue weighted by molar-refractivity contribution is -0.308. The summed E-state index contributed by atoms with van der Waals surface area (Å²) < 4.78 is 82.2. The van der Waals surface area contributed by atoms with Crippen molar-refractivity contribution >= 4 is 0 Å². The van der Waals surface area contributed by atoms with Crippen LogP contribution in [0, 0.1) is 5.41 Å². The number of hydrogen-bond acceptors (Lipinski definition) is 0. The van der Waals surface area contributed by atoms with Crippen LogP contribution >= 0.6 is 0 Å². The first kappa shape index (κ1) is 21.0. The second-order valence-electron chi connectivity index (χ2n) is 4.44. The SMILES string of the molecule is C=C/C=C\C(=C/C=C)C(C(/C=C\C)=C/C)(C(F)(F)F)C(F)(F)F. The molecule has 0 nitrogen and oxygen atoms in total. The van der Waals surface area contributed by atoms with Gasteiger partial charge >= 0.3 is 12.4 Å². The summed E-state index contributed by atoms with van der Waals surface area (Å²) in [7, 11) is 0. The van der Waals surface area contributed by atoms with Crippen LogP contribution in [0.4, 0.5) is 26.3 Å². The fraction of sp³-hybridized carbons (Fsp3) is 0.294. The van der Waals surface area contributed by atoms with E-state index in [0.29, 0.717) is 6.08 Å². The molecule has 0 bridgehead atoms. The van der Waals surface area contributed by atoms with Crippen LogP contribution < -0.4 is 0 Å². The number of halogens is 6. The van der Waals surface area contributed by atoms with Gasteiger partial charge in [-0.05, 0) is 25.0 Å². The quantitative estimate of drug-likeness (QED) is 0.385. The minimum absolute atomic E-state index is 0.702. The van der Waals surface area contributed by atoms with Crippen molar-refractivity contribution < 1.29 is 26.3 Å². The molecule has 128 valence electrons. The van der Waals surface area contributed by atoms with E-state index in [1.54, 1.807) is 0 Å². The molecule has 0 amide bonds. The van der Waals surface area contributed by atoms with E-state index in [0.717, 1.165) is 49.5 Å². The molecule has 0 aromatic rings. The summed E-state index contributed by atoms with van der Waals surface area (Å²) in [6, 6.07) is 0. The van der Waals surface area contributed by atoms with Crippen LogP contribution in [0.1, 0.15) is 13.8 Å². The van der Waals surface area contributed by atoms with Crippen LogP contribution in [-0.4, -0.2) is 12.4 Å². The van der Waals surface area contributed by atoms with Gasteiger partial charge in [-0.3, -0.25) is 0 Å². The molecule has 0 atom stereocenters. The Balaban J connectivity index is 7.07. The average molecular weight is 336 g/mol. The Morgan fingerprint density at radius 2 is 1.30 bits per heavy atom. The summed E-state index contributed by atoms with van der Waals surface area (Å²) in [6.45, 7) is 8.95. The van der Waals surface area contributed by atoms with Gasteiger partial charge in [-0.2, -0.15) is 26.3 Å². The Hall–Kier alpha value is -1.98. The highest BCUT2D eigenvalue weighted by Crippen LogP contribution is 2.60. The predicted octanol–water partition coefficient (Wildman–Crippen LogP) is 6.47. The van der Waals surface area contributed by atoms with Crippen LogP contribution in [0.2, 0.25) is 0 Å². The van der Waals surface area contributed by atoms with Crippen LogP contribution in [0.5, 0.6) is 0 Å². The van der Waals surface area contributed by atoms with Gasteiger partial charge in [-0.25, -0.2) is 0 Å². The van der Waals surface area contributed by atoms with Gasteiger partial charge in [0.2, 0.25) is 5.41 Å². The Morgan fingerprint density at radius 1 is 0.783 bits per heavy atom. The van der Waals surface area contributed by atoms with Crippen LogP contribution in [-0.2, 0) is 0 Å². The van der Waals surface area contributed by atoms with Gasteiger partial charge in [0.25, 0.3) is 0 Å². The normalized spacial score (nSPS) is 15.5. The molecule has 0 aromatic heterocycles. The molecule has 0 aliphatic heterocycles. The van der Waals surface area contributed by atoms with Crippen molar-refractivity contribution in [2.45, 2.75) is 26.2 Å². The second kappa shape index (κ2) is 8.04. The van der Waals surface area contributed by atoms with Gasteiger partial charge in [0, 0.05) is 0 Å². The van der Waals surface area contributed by atoms with E-state index in [2.05, 4.69) is 13.2 Å². The Bertz CT molecular complexity index is 524. The van der Waals surface area contributed by atoms with Crippen molar-refractivity contribution in [3.8, 4) is 0 Å². The monoisotopic (exact) mass is 336 g/mol. The molecule has 0 aliphatic carbocycles. The summed E-state index contributed by atoms with van der Waals surface area (Å²) in [6.07, 6.45) is -4.03. The topological polar surface area (TPSA) is 0 Å². The van der Waals surface area contributed by atoms with E-state index in [4.69, 9.17) is 0 Å². The Labute approximate surface area is 131 Å². The zero-order chi connectivity index (χ0) is 18.3. The third-order valence-electron chi connectivity index (χ3n) is 3.08. The summed E-state index contributed by atoms with van der Waals surface area (Å²) in [5, 5.41) is 0. The lowest BCUT2D eigenvalue weighted by Gasteiger charge is -2.39. The summed E-state index contributed by atoms with van der Waals surface area (Å²) in [5.41, 5.74) is -6.06. The second-order valence-corrected chi connectivity index (χ2v) is 4.44. The maximum absolute atomic E-state index is 13.7. The zero-order valence-electron chi connectivity index (χ0n) is 12.8. The molecule has 0 saturated heterocycles. The van der Waals surface area contributed by atoms with Gasteiger partial charge in [0.1, 0.15) is 0 Å². The third-order valence-corrected chi connectivity index (χ3v) is 3.08. The molecule has 0 heterocycles. The smallest absolute Gasteiger partial charge is 0.169 e. The van der Waals surface area contributed by atoms with E-state index in [9.17, 15) is 26.3 Å². The van der Waals surface area contributed by atoms with E-state index in [1.165, 1.54) is 6.92 Å². The maximum atomic E-state index is 13.7. The molecule has 23 heavy (non-hydrogen) atoms. The van der Waals surface area contributed by atoms with Gasteiger partial charge in [0.15, 0.2) is 0 Å². The zero-order valence-corrected chi connectivity index (χ0v) is 12.8. The molecule has 0 aliphatic rings. The minimum Gasteiger partial charge on any atom is -0.169 e. The van der Waals surface area contributed by atoms with Crippen molar-refractivity contribution in [2.24, 2.45) is 5.41 Å². The first-order valence-corrected chi connectivity index (χ1v) is 6.59. The average Bonchev–Trinajstić information content (AvgIpc) is 2.41. The predicted molar refractivity (Wildman–Crippen MR) is 80.7 cm³/mol. The highest BCUT2D eigenvalue weighted by atomic mass is 19.4. The molecule has 0 rings (SSSR count). The van der Waals surface area contributed by atoms with Gasteiger partial charge in [-0.1, -0.05) is 61.8 Å². The van der Waals surface area contributed by atoms with Crippen LogP contribution in [0.25, 0.3) is 0 Å². The third kappa shape index (κ3) is 4.06. The molecule has 0 fully saturated rings. The number of alkyl halides is 6. The van der Waals surface area contributed by atoms with Crippen molar-refractivity contribution in [3.05, 3.63) is 72.9 Å². The molecule has 0 N–H and O–H groups in total. The van der Waals surface area contributed by atoms with Crippen LogP contribution in [0.3, 0.4) is 0 Å². The lowest BCUT2D eigenvalue weighted by Crippen LogP contribution is -2.52. The van der Waals surface area contributed by atoms with E-state index in [1.807, 2.05) is 0 Å². The Morgan fingerprint density at radius 3 is 1.61 bits per heavy atom.